The van der Waals surface area contributed by atoms with Gasteiger partial charge < -0.3 is 4.74 Å². The molecule has 0 aliphatic carbocycles. The second kappa shape index (κ2) is 8.72. The molecule has 7 nitrogen and oxygen atoms in total. The summed E-state index contributed by atoms with van der Waals surface area (Å²) in [6, 6.07) is 14.4. The molecule has 0 aliphatic rings. The van der Waals surface area contributed by atoms with Crippen molar-refractivity contribution in [3.05, 3.63) is 94.4 Å². The van der Waals surface area contributed by atoms with Gasteiger partial charge in [0.05, 0.1) is 12.6 Å². The zero-order chi connectivity index (χ0) is 19.9. The lowest BCUT2D eigenvalue weighted by atomic mass is 10.1. The summed E-state index contributed by atoms with van der Waals surface area (Å²) in [4.78, 5) is 40.5. The SMILES string of the molecule is O=C(Nc1cncn(C(=O)Cc2ccc(F)cc2)c1=O)OCc1ccccc1. The number of amides is 1. The van der Waals surface area contributed by atoms with Crippen molar-refractivity contribution in [1.29, 1.82) is 0 Å². The van der Waals surface area contributed by atoms with Crippen LogP contribution < -0.4 is 10.9 Å². The van der Waals surface area contributed by atoms with E-state index in [1.54, 1.807) is 12.1 Å². The molecule has 1 aromatic heterocycles. The molecule has 0 fully saturated rings. The average Bonchev–Trinajstić information content (AvgIpc) is 2.70. The van der Waals surface area contributed by atoms with Gasteiger partial charge in [-0.15, -0.1) is 0 Å². The number of nitrogens with one attached hydrogen (secondary N) is 1. The van der Waals surface area contributed by atoms with Crippen LogP contribution in [0.3, 0.4) is 0 Å². The summed E-state index contributed by atoms with van der Waals surface area (Å²) >= 11 is 0. The summed E-state index contributed by atoms with van der Waals surface area (Å²) in [5.74, 6) is -0.986. The summed E-state index contributed by atoms with van der Waals surface area (Å²) in [6.45, 7) is 0.0324. The fraction of sp³-hybridized carbons (Fsp3) is 0.100. The van der Waals surface area contributed by atoms with E-state index in [0.29, 0.717) is 5.56 Å². The third-order valence-electron chi connectivity index (χ3n) is 3.82. The minimum atomic E-state index is -0.841. The molecule has 0 spiro atoms. The van der Waals surface area contributed by atoms with Crippen molar-refractivity contribution in [2.24, 2.45) is 0 Å². The largest absolute Gasteiger partial charge is 0.444 e. The molecule has 1 heterocycles. The van der Waals surface area contributed by atoms with Crippen LogP contribution in [-0.2, 0) is 17.8 Å². The number of hydrogen-bond donors (Lipinski definition) is 1. The Morgan fingerprint density at radius 1 is 1.04 bits per heavy atom. The maximum absolute atomic E-state index is 13.0. The number of benzene rings is 2. The van der Waals surface area contributed by atoms with E-state index in [9.17, 15) is 18.8 Å². The molecule has 142 valence electrons. The van der Waals surface area contributed by atoms with Crippen LogP contribution in [0.2, 0.25) is 0 Å². The van der Waals surface area contributed by atoms with Crippen molar-refractivity contribution in [3.8, 4) is 0 Å². The highest BCUT2D eigenvalue weighted by molar-refractivity contribution is 5.85. The van der Waals surface area contributed by atoms with Gasteiger partial charge in [-0.3, -0.25) is 14.9 Å². The highest BCUT2D eigenvalue weighted by Gasteiger charge is 2.14. The van der Waals surface area contributed by atoms with Gasteiger partial charge in [-0.1, -0.05) is 42.5 Å². The first-order valence-electron chi connectivity index (χ1n) is 8.35. The van der Waals surface area contributed by atoms with Gasteiger partial charge in [0.25, 0.3) is 5.56 Å². The molecule has 28 heavy (non-hydrogen) atoms. The van der Waals surface area contributed by atoms with Crippen molar-refractivity contribution in [3.63, 3.8) is 0 Å². The third kappa shape index (κ3) is 4.88. The maximum Gasteiger partial charge on any atom is 0.412 e. The number of rotatable bonds is 5. The standard InChI is InChI=1S/C20H16FN3O4/c21-16-8-6-14(7-9-16)10-18(25)24-13-22-11-17(19(24)26)23-20(27)28-12-15-4-2-1-3-5-15/h1-9,11,13H,10,12H2,(H,23,27). The molecule has 0 unspecified atom stereocenters. The number of halogens is 1. The molecule has 3 rings (SSSR count). The molecular formula is C20H16FN3O4. The molecule has 0 aliphatic heterocycles. The van der Waals surface area contributed by atoms with Crippen molar-refractivity contribution < 1.29 is 18.7 Å². The number of ether oxygens (including phenoxy) is 1. The van der Waals surface area contributed by atoms with Crippen molar-refractivity contribution >= 4 is 17.7 Å². The molecule has 3 aromatic rings. The average molecular weight is 381 g/mol. The Labute approximate surface area is 159 Å². The lowest BCUT2D eigenvalue weighted by Gasteiger charge is -2.09. The van der Waals surface area contributed by atoms with Gasteiger partial charge in [-0.05, 0) is 23.3 Å². The van der Waals surface area contributed by atoms with Crippen LogP contribution in [0.4, 0.5) is 14.9 Å². The first-order valence-corrected chi connectivity index (χ1v) is 8.35. The topological polar surface area (TPSA) is 90.3 Å². The Morgan fingerprint density at radius 2 is 1.75 bits per heavy atom. The van der Waals surface area contributed by atoms with Crippen molar-refractivity contribution in [2.75, 3.05) is 5.32 Å². The molecule has 0 saturated heterocycles. The highest BCUT2D eigenvalue weighted by Crippen LogP contribution is 2.06. The number of carbonyl (C=O) groups excluding carboxylic acids is 2. The summed E-state index contributed by atoms with van der Waals surface area (Å²) in [5, 5.41) is 2.29. The normalized spacial score (nSPS) is 10.3. The van der Waals surface area contributed by atoms with Crippen LogP contribution in [0, 0.1) is 5.82 Å². The van der Waals surface area contributed by atoms with Gasteiger partial charge in [-0.2, -0.15) is 0 Å². The van der Waals surface area contributed by atoms with Crippen LogP contribution in [0.25, 0.3) is 0 Å². The zero-order valence-electron chi connectivity index (χ0n) is 14.7. The van der Waals surface area contributed by atoms with Gasteiger partial charge in [-0.25, -0.2) is 18.7 Å². The van der Waals surface area contributed by atoms with Gasteiger partial charge in [0, 0.05) is 0 Å². The zero-order valence-corrected chi connectivity index (χ0v) is 14.7. The van der Waals surface area contributed by atoms with Gasteiger partial charge in [0.15, 0.2) is 0 Å². The summed E-state index contributed by atoms with van der Waals surface area (Å²) in [7, 11) is 0. The minimum absolute atomic E-state index is 0.0324. The summed E-state index contributed by atoms with van der Waals surface area (Å²) < 4.78 is 18.8. The summed E-state index contributed by atoms with van der Waals surface area (Å²) in [5.41, 5.74) is 0.404. The number of hydrogen-bond acceptors (Lipinski definition) is 5. The summed E-state index contributed by atoms with van der Waals surface area (Å²) in [6.07, 6.45) is 1.23. The minimum Gasteiger partial charge on any atom is -0.444 e. The molecule has 8 heteroatoms. The Bertz CT molecular complexity index is 1030. The molecular weight excluding hydrogens is 365 g/mol. The Hall–Kier alpha value is -3.81. The molecule has 0 atom stereocenters. The van der Waals surface area contributed by atoms with Crippen molar-refractivity contribution in [1.82, 2.24) is 9.55 Å². The van der Waals surface area contributed by atoms with Gasteiger partial charge in [0.2, 0.25) is 5.91 Å². The van der Waals surface area contributed by atoms with E-state index in [-0.39, 0.29) is 18.7 Å². The fourth-order valence-electron chi connectivity index (χ4n) is 2.41. The molecule has 0 saturated carbocycles. The first kappa shape index (κ1) is 19.0. The van der Waals surface area contributed by atoms with Gasteiger partial charge in [0.1, 0.15) is 24.4 Å². The Morgan fingerprint density at radius 3 is 2.46 bits per heavy atom. The number of anilines is 1. The van der Waals surface area contributed by atoms with E-state index in [0.717, 1.165) is 22.7 Å². The highest BCUT2D eigenvalue weighted by atomic mass is 19.1. The predicted molar refractivity (Wildman–Crippen MR) is 99.5 cm³/mol. The Kier molecular flexibility index (Phi) is 5.91. The van der Waals surface area contributed by atoms with E-state index in [4.69, 9.17) is 4.74 Å². The Balaban J connectivity index is 1.66. The van der Waals surface area contributed by atoms with E-state index in [1.165, 1.54) is 24.3 Å². The van der Waals surface area contributed by atoms with E-state index < -0.39 is 23.4 Å². The number of aromatic nitrogens is 2. The number of nitrogens with zero attached hydrogens (tertiary/aromatic N) is 2. The molecule has 1 N–H and O–H groups in total. The smallest absolute Gasteiger partial charge is 0.412 e. The third-order valence-corrected chi connectivity index (χ3v) is 3.82. The van der Waals surface area contributed by atoms with Crippen molar-refractivity contribution in [2.45, 2.75) is 13.0 Å². The predicted octanol–water partition coefficient (Wildman–Crippen LogP) is 3.01. The lowest BCUT2D eigenvalue weighted by Crippen LogP contribution is -2.31. The second-order valence-electron chi connectivity index (χ2n) is 5.87. The quantitative estimate of drug-likeness (QED) is 0.734. The number of carbonyl (C=O) groups is 2. The van der Waals surface area contributed by atoms with Crippen LogP contribution in [0.1, 0.15) is 15.9 Å². The van der Waals surface area contributed by atoms with Crippen LogP contribution >= 0.6 is 0 Å². The van der Waals surface area contributed by atoms with Crippen LogP contribution in [0.15, 0.2) is 71.9 Å². The van der Waals surface area contributed by atoms with Gasteiger partial charge >= 0.3 is 6.09 Å². The molecule has 2 aromatic carbocycles. The molecule has 0 radical (unpaired) electrons. The molecule has 1 amide bonds. The monoisotopic (exact) mass is 381 g/mol. The van der Waals surface area contributed by atoms with E-state index >= 15 is 0 Å². The van der Waals surface area contributed by atoms with Crippen LogP contribution in [-0.4, -0.2) is 21.6 Å². The molecule has 0 bridgehead atoms. The first-order chi connectivity index (χ1) is 13.5. The fourth-order valence-corrected chi connectivity index (χ4v) is 2.41. The second-order valence-corrected chi connectivity index (χ2v) is 5.87. The maximum atomic E-state index is 13.0. The van der Waals surface area contributed by atoms with E-state index in [2.05, 4.69) is 10.3 Å². The lowest BCUT2D eigenvalue weighted by molar-refractivity contribution is 0.0908. The van der Waals surface area contributed by atoms with E-state index in [1.807, 2.05) is 18.2 Å². The van der Waals surface area contributed by atoms with Crippen LogP contribution in [0.5, 0.6) is 0 Å².